The summed E-state index contributed by atoms with van der Waals surface area (Å²) in [6.45, 7) is 1.01. The van der Waals surface area contributed by atoms with Crippen molar-refractivity contribution in [2.45, 2.75) is 12.2 Å². The van der Waals surface area contributed by atoms with Crippen molar-refractivity contribution in [3.8, 4) is 17.9 Å². The fourth-order valence-corrected chi connectivity index (χ4v) is 2.45. The standard InChI is InChI=1S/C9H9N3O3S2/c1-7(5-10)17(14,15)12-9-11-6-8(16-9)3-2-4-13/h6-7,13H,4H2,1H3,(H,11,12). The summed E-state index contributed by atoms with van der Waals surface area (Å²) >= 11 is 1.03. The van der Waals surface area contributed by atoms with Gasteiger partial charge in [-0.2, -0.15) is 5.26 Å². The van der Waals surface area contributed by atoms with E-state index in [9.17, 15) is 8.42 Å². The highest BCUT2D eigenvalue weighted by Crippen LogP contribution is 2.19. The Kier molecular flexibility index (Phi) is 4.46. The molecule has 0 radical (unpaired) electrons. The average molecular weight is 271 g/mol. The molecule has 1 aromatic heterocycles. The van der Waals surface area contributed by atoms with Crippen LogP contribution in [0, 0.1) is 23.2 Å². The molecule has 0 bridgehead atoms. The molecule has 0 amide bonds. The summed E-state index contributed by atoms with van der Waals surface area (Å²) in [7, 11) is -3.73. The van der Waals surface area contributed by atoms with E-state index in [0.29, 0.717) is 4.88 Å². The fourth-order valence-electron chi connectivity index (χ4n) is 0.785. The minimum atomic E-state index is -3.73. The number of aliphatic hydroxyl groups excluding tert-OH is 1. The highest BCUT2D eigenvalue weighted by molar-refractivity contribution is 7.93. The molecular weight excluding hydrogens is 262 g/mol. The number of nitrogens with zero attached hydrogens (tertiary/aromatic N) is 2. The van der Waals surface area contributed by atoms with Crippen molar-refractivity contribution in [3.05, 3.63) is 11.1 Å². The summed E-state index contributed by atoms with van der Waals surface area (Å²) in [6, 6.07) is 1.63. The van der Waals surface area contributed by atoms with Crippen LogP contribution in [0.4, 0.5) is 5.13 Å². The highest BCUT2D eigenvalue weighted by atomic mass is 32.2. The van der Waals surface area contributed by atoms with Crippen molar-refractivity contribution < 1.29 is 13.5 Å². The molecule has 17 heavy (non-hydrogen) atoms. The molecule has 0 spiro atoms. The molecule has 0 aromatic carbocycles. The quantitative estimate of drug-likeness (QED) is 0.761. The number of aliphatic hydroxyl groups is 1. The second-order valence-corrected chi connectivity index (χ2v) is 5.94. The van der Waals surface area contributed by atoms with E-state index in [2.05, 4.69) is 21.5 Å². The number of nitriles is 1. The Bertz CT molecular complexity index is 589. The maximum atomic E-state index is 11.5. The predicted octanol–water partition coefficient (Wildman–Crippen LogP) is 0.141. The minimum Gasteiger partial charge on any atom is -0.384 e. The topological polar surface area (TPSA) is 103 Å². The Hall–Kier alpha value is -1.61. The summed E-state index contributed by atoms with van der Waals surface area (Å²) in [6.07, 6.45) is 1.39. The van der Waals surface area contributed by atoms with Crippen LogP contribution in [-0.2, 0) is 10.0 Å². The van der Waals surface area contributed by atoms with E-state index in [1.54, 1.807) is 6.07 Å². The van der Waals surface area contributed by atoms with Gasteiger partial charge in [0.05, 0.1) is 17.1 Å². The zero-order chi connectivity index (χ0) is 12.9. The normalized spacial score (nSPS) is 12.1. The number of aromatic nitrogens is 1. The van der Waals surface area contributed by atoms with Gasteiger partial charge in [-0.15, -0.1) is 0 Å². The van der Waals surface area contributed by atoms with Gasteiger partial charge in [-0.3, -0.25) is 4.72 Å². The SMILES string of the molecule is CC(C#N)S(=O)(=O)Nc1ncc(C#CCO)s1. The maximum absolute atomic E-state index is 11.5. The molecular formula is C9H9N3O3S2. The van der Waals surface area contributed by atoms with E-state index in [1.165, 1.54) is 13.1 Å². The first-order chi connectivity index (χ1) is 7.99. The molecule has 1 heterocycles. The molecule has 0 saturated carbocycles. The average Bonchev–Trinajstić information content (AvgIpc) is 2.72. The Morgan fingerprint density at radius 2 is 2.41 bits per heavy atom. The number of thiazole rings is 1. The summed E-state index contributed by atoms with van der Waals surface area (Å²) in [4.78, 5) is 4.33. The molecule has 1 aromatic rings. The lowest BCUT2D eigenvalue weighted by molar-refractivity contribution is 0.350. The Labute approximate surface area is 103 Å². The Balaban J connectivity index is 2.84. The van der Waals surface area contributed by atoms with Crippen LogP contribution in [0.25, 0.3) is 0 Å². The first-order valence-corrected chi connectivity index (χ1v) is 6.82. The van der Waals surface area contributed by atoms with Crippen molar-refractivity contribution in [2.75, 3.05) is 11.3 Å². The van der Waals surface area contributed by atoms with Gasteiger partial charge in [0.25, 0.3) is 10.0 Å². The van der Waals surface area contributed by atoms with Crippen LogP contribution in [0.3, 0.4) is 0 Å². The van der Waals surface area contributed by atoms with Gasteiger partial charge in [0.1, 0.15) is 6.61 Å². The lowest BCUT2D eigenvalue weighted by Crippen LogP contribution is -2.23. The molecule has 0 aliphatic rings. The summed E-state index contributed by atoms with van der Waals surface area (Å²) < 4.78 is 25.2. The smallest absolute Gasteiger partial charge is 0.250 e. The van der Waals surface area contributed by atoms with Crippen molar-refractivity contribution in [3.63, 3.8) is 0 Å². The predicted molar refractivity (Wildman–Crippen MR) is 63.7 cm³/mol. The van der Waals surface area contributed by atoms with E-state index in [1.807, 2.05) is 0 Å². The maximum Gasteiger partial charge on any atom is 0.250 e. The summed E-state index contributed by atoms with van der Waals surface area (Å²) in [5.74, 6) is 5.02. The molecule has 0 aliphatic heterocycles. The van der Waals surface area contributed by atoms with Crippen LogP contribution in [0.15, 0.2) is 6.20 Å². The second kappa shape index (κ2) is 5.64. The van der Waals surface area contributed by atoms with Crippen molar-refractivity contribution in [1.82, 2.24) is 4.98 Å². The van der Waals surface area contributed by atoms with Gasteiger partial charge in [-0.25, -0.2) is 13.4 Å². The fraction of sp³-hybridized carbons (Fsp3) is 0.333. The Morgan fingerprint density at radius 1 is 1.71 bits per heavy atom. The molecule has 1 rings (SSSR count). The van der Waals surface area contributed by atoms with Crippen molar-refractivity contribution >= 4 is 26.5 Å². The van der Waals surface area contributed by atoms with E-state index < -0.39 is 15.3 Å². The van der Waals surface area contributed by atoms with Crippen LogP contribution in [-0.4, -0.2) is 30.4 Å². The van der Waals surface area contributed by atoms with Gasteiger partial charge in [0, 0.05) is 0 Å². The third kappa shape index (κ3) is 3.71. The first kappa shape index (κ1) is 13.5. The Morgan fingerprint density at radius 3 is 3.00 bits per heavy atom. The van der Waals surface area contributed by atoms with Crippen LogP contribution in [0.1, 0.15) is 11.8 Å². The molecule has 0 fully saturated rings. The number of sulfonamides is 1. The zero-order valence-corrected chi connectivity index (χ0v) is 10.5. The number of hydrogen-bond donors (Lipinski definition) is 2. The van der Waals surface area contributed by atoms with Gasteiger partial charge in [0.2, 0.25) is 0 Å². The minimum absolute atomic E-state index is 0.148. The van der Waals surface area contributed by atoms with Crippen LogP contribution in [0.2, 0.25) is 0 Å². The molecule has 0 aliphatic carbocycles. The van der Waals surface area contributed by atoms with E-state index >= 15 is 0 Å². The lowest BCUT2D eigenvalue weighted by atomic mass is 10.5. The lowest BCUT2D eigenvalue weighted by Gasteiger charge is -2.04. The van der Waals surface area contributed by atoms with Crippen LogP contribution in [0.5, 0.6) is 0 Å². The van der Waals surface area contributed by atoms with E-state index in [-0.39, 0.29) is 11.7 Å². The third-order valence-electron chi connectivity index (χ3n) is 1.67. The molecule has 6 nitrogen and oxygen atoms in total. The van der Waals surface area contributed by atoms with E-state index in [4.69, 9.17) is 10.4 Å². The van der Waals surface area contributed by atoms with Crippen molar-refractivity contribution in [1.29, 1.82) is 5.26 Å². The highest BCUT2D eigenvalue weighted by Gasteiger charge is 2.21. The third-order valence-corrected chi connectivity index (χ3v) is 4.14. The van der Waals surface area contributed by atoms with Crippen LogP contribution < -0.4 is 4.72 Å². The molecule has 8 heteroatoms. The molecule has 0 saturated heterocycles. The van der Waals surface area contributed by atoms with Crippen molar-refractivity contribution in [2.24, 2.45) is 0 Å². The first-order valence-electron chi connectivity index (χ1n) is 4.46. The van der Waals surface area contributed by atoms with Gasteiger partial charge >= 0.3 is 0 Å². The van der Waals surface area contributed by atoms with Gasteiger partial charge < -0.3 is 5.11 Å². The van der Waals surface area contributed by atoms with E-state index in [0.717, 1.165) is 11.3 Å². The molecule has 1 atom stereocenters. The number of nitrogens with one attached hydrogen (secondary N) is 1. The second-order valence-electron chi connectivity index (χ2n) is 2.91. The number of anilines is 1. The molecule has 90 valence electrons. The van der Waals surface area contributed by atoms with Crippen LogP contribution >= 0.6 is 11.3 Å². The largest absolute Gasteiger partial charge is 0.384 e. The molecule has 1 unspecified atom stereocenters. The monoisotopic (exact) mass is 271 g/mol. The summed E-state index contributed by atoms with van der Waals surface area (Å²) in [5, 5.41) is 16.0. The van der Waals surface area contributed by atoms with Gasteiger partial charge in [-0.1, -0.05) is 23.2 Å². The van der Waals surface area contributed by atoms with Gasteiger partial charge in [0.15, 0.2) is 10.4 Å². The number of rotatable bonds is 3. The number of hydrogen-bond acceptors (Lipinski definition) is 6. The molecule has 2 N–H and O–H groups in total. The van der Waals surface area contributed by atoms with Gasteiger partial charge in [-0.05, 0) is 6.92 Å². The summed E-state index contributed by atoms with van der Waals surface area (Å²) in [5.41, 5.74) is 0. The zero-order valence-electron chi connectivity index (χ0n) is 8.84.